The number of anilines is 1. The molecule has 0 unspecified atom stereocenters. The standard InChI is InChI=1S/C20H20N4O/c1-24-11-10-14-6-7-16(12-15(14)13-24)21-20(25)9-8-19-17-4-2-3-5-18(17)22-23-19/h2-9,12H,10-11,13H2,1H3,(H,21,25)(H,22,23)/b9-8+. The van der Waals surface area contributed by atoms with Crippen LogP contribution in [-0.4, -0.2) is 34.6 Å². The Balaban J connectivity index is 1.48. The number of fused-ring (bicyclic) bond motifs is 2. The van der Waals surface area contributed by atoms with Crippen molar-refractivity contribution in [3.63, 3.8) is 0 Å². The first-order valence-corrected chi connectivity index (χ1v) is 8.41. The van der Waals surface area contributed by atoms with Crippen molar-refractivity contribution >= 4 is 28.6 Å². The topological polar surface area (TPSA) is 61.0 Å². The monoisotopic (exact) mass is 332 g/mol. The maximum absolute atomic E-state index is 12.2. The molecule has 3 aromatic rings. The highest BCUT2D eigenvalue weighted by Crippen LogP contribution is 2.22. The maximum Gasteiger partial charge on any atom is 0.248 e. The third kappa shape index (κ3) is 3.32. The second-order valence-electron chi connectivity index (χ2n) is 6.45. The van der Waals surface area contributed by atoms with Gasteiger partial charge >= 0.3 is 0 Å². The minimum absolute atomic E-state index is 0.156. The molecule has 0 spiro atoms. The summed E-state index contributed by atoms with van der Waals surface area (Å²) in [4.78, 5) is 14.5. The van der Waals surface area contributed by atoms with Crippen LogP contribution in [0.15, 0.2) is 48.5 Å². The van der Waals surface area contributed by atoms with Crippen molar-refractivity contribution in [2.24, 2.45) is 0 Å². The van der Waals surface area contributed by atoms with E-state index < -0.39 is 0 Å². The number of carbonyl (C=O) groups excluding carboxylic acids is 1. The highest BCUT2D eigenvalue weighted by Gasteiger charge is 2.13. The molecule has 1 aliphatic rings. The number of nitrogens with zero attached hydrogens (tertiary/aromatic N) is 2. The zero-order chi connectivity index (χ0) is 17.2. The average molecular weight is 332 g/mol. The van der Waals surface area contributed by atoms with Crippen LogP contribution in [-0.2, 0) is 17.8 Å². The van der Waals surface area contributed by atoms with Crippen molar-refractivity contribution in [2.45, 2.75) is 13.0 Å². The van der Waals surface area contributed by atoms with Gasteiger partial charge in [0.15, 0.2) is 0 Å². The third-order valence-electron chi connectivity index (χ3n) is 4.57. The van der Waals surface area contributed by atoms with Crippen LogP contribution in [0.2, 0.25) is 0 Å². The van der Waals surface area contributed by atoms with Crippen LogP contribution in [0.5, 0.6) is 0 Å². The molecule has 25 heavy (non-hydrogen) atoms. The summed E-state index contributed by atoms with van der Waals surface area (Å²) in [5.74, 6) is -0.156. The lowest BCUT2D eigenvalue weighted by molar-refractivity contribution is -0.111. The summed E-state index contributed by atoms with van der Waals surface area (Å²) in [5, 5.41) is 11.1. The van der Waals surface area contributed by atoms with Crippen LogP contribution in [0, 0.1) is 0 Å². The number of H-pyrrole nitrogens is 1. The number of aromatic amines is 1. The van der Waals surface area contributed by atoms with E-state index in [4.69, 9.17) is 0 Å². The molecule has 2 aromatic carbocycles. The highest BCUT2D eigenvalue weighted by molar-refractivity contribution is 6.03. The fourth-order valence-corrected chi connectivity index (χ4v) is 3.23. The summed E-state index contributed by atoms with van der Waals surface area (Å²) in [5.41, 5.74) is 5.21. The zero-order valence-corrected chi connectivity index (χ0v) is 14.1. The highest BCUT2D eigenvalue weighted by atomic mass is 16.1. The first-order chi connectivity index (χ1) is 12.2. The molecule has 5 heteroatoms. The predicted octanol–water partition coefficient (Wildman–Crippen LogP) is 3.20. The zero-order valence-electron chi connectivity index (χ0n) is 14.1. The predicted molar refractivity (Wildman–Crippen MR) is 100 cm³/mol. The summed E-state index contributed by atoms with van der Waals surface area (Å²) in [6, 6.07) is 14.0. The summed E-state index contributed by atoms with van der Waals surface area (Å²) in [6.07, 6.45) is 4.32. The molecule has 0 fully saturated rings. The largest absolute Gasteiger partial charge is 0.323 e. The van der Waals surface area contributed by atoms with Crippen LogP contribution in [0.3, 0.4) is 0 Å². The first kappa shape index (κ1) is 15.6. The molecule has 0 atom stereocenters. The Kier molecular flexibility index (Phi) is 4.07. The van der Waals surface area contributed by atoms with Crippen LogP contribution in [0.25, 0.3) is 17.0 Å². The fourth-order valence-electron chi connectivity index (χ4n) is 3.23. The second kappa shape index (κ2) is 6.53. The number of carbonyl (C=O) groups is 1. The van der Waals surface area contributed by atoms with Crippen LogP contribution in [0.1, 0.15) is 16.8 Å². The van der Waals surface area contributed by atoms with E-state index in [1.807, 2.05) is 30.3 Å². The lowest BCUT2D eigenvalue weighted by Crippen LogP contribution is -2.26. The maximum atomic E-state index is 12.2. The smallest absolute Gasteiger partial charge is 0.248 e. The molecule has 126 valence electrons. The summed E-state index contributed by atoms with van der Waals surface area (Å²) >= 11 is 0. The van der Waals surface area contributed by atoms with E-state index in [-0.39, 0.29) is 5.91 Å². The molecule has 2 heterocycles. The molecular formula is C20H20N4O. The molecule has 0 aliphatic carbocycles. The molecule has 0 saturated carbocycles. The van der Waals surface area contributed by atoms with Crippen molar-refractivity contribution in [3.05, 3.63) is 65.4 Å². The lowest BCUT2D eigenvalue weighted by Gasteiger charge is -2.25. The van der Waals surface area contributed by atoms with E-state index in [1.165, 1.54) is 17.2 Å². The fraction of sp³-hybridized carbons (Fsp3) is 0.200. The average Bonchev–Trinajstić information content (AvgIpc) is 3.03. The number of rotatable bonds is 3. The molecule has 0 saturated heterocycles. The van der Waals surface area contributed by atoms with Gasteiger partial charge in [-0.3, -0.25) is 9.89 Å². The first-order valence-electron chi connectivity index (χ1n) is 8.41. The number of hydrogen-bond donors (Lipinski definition) is 2. The Hall–Kier alpha value is -2.92. The number of para-hydroxylation sites is 1. The minimum atomic E-state index is -0.156. The molecule has 0 radical (unpaired) electrons. The Morgan fingerprint density at radius 1 is 1.24 bits per heavy atom. The molecule has 4 rings (SSSR count). The number of amides is 1. The van der Waals surface area contributed by atoms with Gasteiger partial charge in [-0.15, -0.1) is 0 Å². The lowest BCUT2D eigenvalue weighted by atomic mass is 9.99. The van der Waals surface area contributed by atoms with Gasteiger partial charge < -0.3 is 10.2 Å². The molecule has 0 bridgehead atoms. The van der Waals surface area contributed by atoms with Crippen molar-refractivity contribution in [1.82, 2.24) is 15.1 Å². The van der Waals surface area contributed by atoms with Crippen molar-refractivity contribution < 1.29 is 4.79 Å². The SMILES string of the molecule is CN1CCc2ccc(NC(=O)/C=C/c3n[nH]c4ccccc34)cc2C1. The number of benzene rings is 2. The van der Waals surface area contributed by atoms with Gasteiger partial charge in [-0.05, 0) is 48.9 Å². The number of likely N-dealkylation sites (N-methyl/N-ethyl adjacent to an activating group) is 1. The summed E-state index contributed by atoms with van der Waals surface area (Å²) in [6.45, 7) is 2.01. The summed E-state index contributed by atoms with van der Waals surface area (Å²) in [7, 11) is 2.12. The third-order valence-corrected chi connectivity index (χ3v) is 4.57. The minimum Gasteiger partial charge on any atom is -0.323 e. The molecule has 1 aromatic heterocycles. The number of aromatic nitrogens is 2. The van der Waals surface area contributed by atoms with Gasteiger partial charge in [0, 0.05) is 30.2 Å². The number of hydrogen-bond acceptors (Lipinski definition) is 3. The van der Waals surface area contributed by atoms with Gasteiger partial charge in [-0.25, -0.2) is 0 Å². The Morgan fingerprint density at radius 3 is 3.04 bits per heavy atom. The van der Waals surface area contributed by atoms with Gasteiger partial charge in [-0.2, -0.15) is 5.10 Å². The van der Waals surface area contributed by atoms with Crippen LogP contribution >= 0.6 is 0 Å². The van der Waals surface area contributed by atoms with Gasteiger partial charge in [0.1, 0.15) is 0 Å². The Labute approximate surface area is 146 Å². The normalized spacial score (nSPS) is 14.8. The summed E-state index contributed by atoms with van der Waals surface area (Å²) < 4.78 is 0. The van der Waals surface area contributed by atoms with E-state index in [0.717, 1.165) is 41.8 Å². The van der Waals surface area contributed by atoms with Crippen molar-refractivity contribution in [1.29, 1.82) is 0 Å². The van der Waals surface area contributed by atoms with E-state index >= 15 is 0 Å². The van der Waals surface area contributed by atoms with E-state index in [2.05, 4.69) is 39.6 Å². The van der Waals surface area contributed by atoms with Crippen LogP contribution < -0.4 is 5.32 Å². The van der Waals surface area contributed by atoms with Crippen molar-refractivity contribution in [2.75, 3.05) is 18.9 Å². The quantitative estimate of drug-likeness (QED) is 0.724. The Bertz CT molecular complexity index is 957. The second-order valence-corrected chi connectivity index (χ2v) is 6.45. The van der Waals surface area contributed by atoms with E-state index in [0.29, 0.717) is 0 Å². The van der Waals surface area contributed by atoms with E-state index in [9.17, 15) is 4.79 Å². The molecule has 5 nitrogen and oxygen atoms in total. The van der Waals surface area contributed by atoms with E-state index in [1.54, 1.807) is 6.08 Å². The Morgan fingerprint density at radius 2 is 2.12 bits per heavy atom. The van der Waals surface area contributed by atoms with Gasteiger partial charge in [-0.1, -0.05) is 24.3 Å². The molecule has 2 N–H and O–H groups in total. The van der Waals surface area contributed by atoms with Gasteiger partial charge in [0.2, 0.25) is 5.91 Å². The van der Waals surface area contributed by atoms with Gasteiger partial charge in [0.05, 0.1) is 11.2 Å². The molecule has 1 amide bonds. The van der Waals surface area contributed by atoms with Crippen molar-refractivity contribution in [3.8, 4) is 0 Å². The molecular weight excluding hydrogens is 312 g/mol. The van der Waals surface area contributed by atoms with Crippen LogP contribution in [0.4, 0.5) is 5.69 Å². The van der Waals surface area contributed by atoms with Gasteiger partial charge in [0.25, 0.3) is 0 Å². The number of nitrogens with one attached hydrogen (secondary N) is 2. The molecule has 1 aliphatic heterocycles.